The lowest BCUT2D eigenvalue weighted by Gasteiger charge is -2.17. The number of carboxylic acids is 1. The van der Waals surface area contributed by atoms with Crippen LogP contribution in [0.25, 0.3) is 0 Å². The molecule has 0 aliphatic carbocycles. The molecule has 18 heavy (non-hydrogen) atoms. The second-order valence-electron chi connectivity index (χ2n) is 3.74. The number of carboxylic acid groups (broad SMARTS) is 1. The van der Waals surface area contributed by atoms with E-state index in [1.807, 2.05) is 0 Å². The lowest BCUT2D eigenvalue weighted by atomic mass is 10.1. The highest BCUT2D eigenvalue weighted by molar-refractivity contribution is 5.80. The fraction of sp³-hybridized carbons (Fsp3) is 0.333. The molecule has 0 aliphatic rings. The monoisotopic (exact) mass is 252 g/mol. The van der Waals surface area contributed by atoms with Gasteiger partial charge in [-0.15, -0.1) is 0 Å². The lowest BCUT2D eigenvalue weighted by Crippen LogP contribution is -2.30. The van der Waals surface area contributed by atoms with Crippen LogP contribution in [0.2, 0.25) is 0 Å². The molecular formula is C12H16N2O4. The molecule has 0 radical (unpaired) electrons. The van der Waals surface area contributed by atoms with E-state index >= 15 is 0 Å². The molecule has 0 aromatic heterocycles. The Hall–Kier alpha value is -2.24. The molecule has 0 aliphatic heterocycles. The largest absolute Gasteiger partial charge is 0.495 e. The van der Waals surface area contributed by atoms with Crippen LogP contribution >= 0.6 is 0 Å². The molecule has 1 rings (SSSR count). The number of nitrogens with two attached hydrogens (primary N) is 1. The minimum Gasteiger partial charge on any atom is -0.495 e. The summed E-state index contributed by atoms with van der Waals surface area (Å²) in [5.41, 5.74) is 5.57. The Morgan fingerprint density at radius 3 is 2.67 bits per heavy atom. The molecule has 0 saturated heterocycles. The summed E-state index contributed by atoms with van der Waals surface area (Å²) < 4.78 is 5.10. The highest BCUT2D eigenvalue weighted by Crippen LogP contribution is 2.24. The zero-order valence-corrected chi connectivity index (χ0v) is 10.1. The first-order chi connectivity index (χ1) is 8.54. The first-order valence-corrected chi connectivity index (χ1v) is 5.45. The predicted molar refractivity (Wildman–Crippen MR) is 66.5 cm³/mol. The summed E-state index contributed by atoms with van der Waals surface area (Å²) in [6, 6.07) is 6.09. The van der Waals surface area contributed by atoms with Crippen molar-refractivity contribution in [2.75, 3.05) is 12.4 Å². The molecule has 1 amide bonds. The number of primary amides is 1. The summed E-state index contributed by atoms with van der Waals surface area (Å²) in [4.78, 5) is 21.7. The number of para-hydroxylation sites is 2. The molecule has 0 fully saturated rings. The van der Waals surface area contributed by atoms with Gasteiger partial charge in [0.2, 0.25) is 5.91 Å². The van der Waals surface area contributed by atoms with Gasteiger partial charge in [0.1, 0.15) is 11.8 Å². The summed E-state index contributed by atoms with van der Waals surface area (Å²) in [6.45, 7) is 0. The SMILES string of the molecule is COc1ccccc1N[C@@H](CCC(N)=O)C(=O)O. The van der Waals surface area contributed by atoms with Crippen molar-refractivity contribution in [2.24, 2.45) is 5.73 Å². The number of aliphatic carboxylic acids is 1. The fourth-order valence-electron chi connectivity index (χ4n) is 1.50. The maximum Gasteiger partial charge on any atom is 0.326 e. The van der Waals surface area contributed by atoms with Gasteiger partial charge in [0.25, 0.3) is 0 Å². The number of benzene rings is 1. The molecule has 0 bridgehead atoms. The van der Waals surface area contributed by atoms with Crippen LogP contribution in [0.4, 0.5) is 5.69 Å². The summed E-state index contributed by atoms with van der Waals surface area (Å²) in [6.07, 6.45) is 0.141. The Kier molecular flexibility index (Phi) is 4.98. The molecule has 6 heteroatoms. The van der Waals surface area contributed by atoms with Crippen LogP contribution < -0.4 is 15.8 Å². The quantitative estimate of drug-likeness (QED) is 0.667. The van der Waals surface area contributed by atoms with Crippen LogP contribution in [-0.4, -0.2) is 30.1 Å². The van der Waals surface area contributed by atoms with Crippen LogP contribution in [-0.2, 0) is 9.59 Å². The van der Waals surface area contributed by atoms with Crippen molar-refractivity contribution < 1.29 is 19.4 Å². The number of methoxy groups -OCH3 is 1. The molecule has 0 heterocycles. The Balaban J connectivity index is 2.76. The van der Waals surface area contributed by atoms with Crippen molar-refractivity contribution in [1.29, 1.82) is 0 Å². The van der Waals surface area contributed by atoms with Crippen LogP contribution in [0.5, 0.6) is 5.75 Å². The van der Waals surface area contributed by atoms with Crippen LogP contribution in [0.1, 0.15) is 12.8 Å². The van der Waals surface area contributed by atoms with E-state index in [1.165, 1.54) is 7.11 Å². The van der Waals surface area contributed by atoms with Crippen molar-refractivity contribution >= 4 is 17.6 Å². The van der Waals surface area contributed by atoms with E-state index in [4.69, 9.17) is 15.6 Å². The molecule has 4 N–H and O–H groups in total. The van der Waals surface area contributed by atoms with E-state index in [2.05, 4.69) is 5.32 Å². The van der Waals surface area contributed by atoms with Crippen molar-refractivity contribution in [1.82, 2.24) is 0 Å². The number of carbonyl (C=O) groups is 2. The van der Waals surface area contributed by atoms with Gasteiger partial charge < -0.3 is 20.9 Å². The first-order valence-electron chi connectivity index (χ1n) is 5.45. The summed E-state index contributed by atoms with van der Waals surface area (Å²) in [5, 5.41) is 11.9. The van der Waals surface area contributed by atoms with E-state index in [0.717, 1.165) is 0 Å². The van der Waals surface area contributed by atoms with Crippen molar-refractivity contribution in [3.05, 3.63) is 24.3 Å². The molecule has 1 aromatic rings. The maximum absolute atomic E-state index is 11.1. The zero-order valence-electron chi connectivity index (χ0n) is 10.1. The third-order valence-corrected chi connectivity index (χ3v) is 2.41. The molecule has 0 spiro atoms. The van der Waals surface area contributed by atoms with E-state index < -0.39 is 17.9 Å². The maximum atomic E-state index is 11.1. The number of anilines is 1. The Bertz CT molecular complexity index is 434. The second-order valence-corrected chi connectivity index (χ2v) is 3.74. The second kappa shape index (κ2) is 6.48. The number of rotatable bonds is 7. The van der Waals surface area contributed by atoms with Crippen LogP contribution in [0.15, 0.2) is 24.3 Å². The topological polar surface area (TPSA) is 102 Å². The minimum absolute atomic E-state index is 0.0130. The molecule has 0 unspecified atom stereocenters. The highest BCUT2D eigenvalue weighted by atomic mass is 16.5. The fourth-order valence-corrected chi connectivity index (χ4v) is 1.50. The molecule has 1 aromatic carbocycles. The first kappa shape index (κ1) is 13.8. The number of carbonyl (C=O) groups excluding carboxylic acids is 1. The molecule has 6 nitrogen and oxygen atoms in total. The van der Waals surface area contributed by atoms with Gasteiger partial charge in [-0.05, 0) is 18.6 Å². The van der Waals surface area contributed by atoms with E-state index in [-0.39, 0.29) is 12.8 Å². The Morgan fingerprint density at radius 1 is 1.44 bits per heavy atom. The van der Waals surface area contributed by atoms with Gasteiger partial charge in [-0.2, -0.15) is 0 Å². The zero-order chi connectivity index (χ0) is 13.5. The average Bonchev–Trinajstić information content (AvgIpc) is 2.34. The van der Waals surface area contributed by atoms with E-state index in [9.17, 15) is 9.59 Å². The normalized spacial score (nSPS) is 11.6. The molecule has 0 saturated carbocycles. The van der Waals surface area contributed by atoms with E-state index in [1.54, 1.807) is 24.3 Å². The molecular weight excluding hydrogens is 236 g/mol. The summed E-state index contributed by atoms with van der Waals surface area (Å²) >= 11 is 0. The smallest absolute Gasteiger partial charge is 0.326 e. The van der Waals surface area contributed by atoms with Gasteiger partial charge >= 0.3 is 5.97 Å². The third-order valence-electron chi connectivity index (χ3n) is 2.41. The number of amides is 1. The molecule has 98 valence electrons. The number of nitrogens with one attached hydrogen (secondary N) is 1. The summed E-state index contributed by atoms with van der Waals surface area (Å²) in [5.74, 6) is -1.02. The van der Waals surface area contributed by atoms with Gasteiger partial charge in [0.15, 0.2) is 0 Å². The average molecular weight is 252 g/mol. The standard InChI is InChI=1S/C12H16N2O4/c1-18-10-5-3-2-4-8(10)14-9(12(16)17)6-7-11(13)15/h2-5,9,14H,6-7H2,1H3,(H2,13,15)(H,16,17)/t9-/m0/s1. The third kappa shape index (κ3) is 3.97. The lowest BCUT2D eigenvalue weighted by molar-refractivity contribution is -0.138. The van der Waals surface area contributed by atoms with Gasteiger partial charge in [0.05, 0.1) is 12.8 Å². The van der Waals surface area contributed by atoms with Crippen molar-refractivity contribution in [3.63, 3.8) is 0 Å². The molecule has 1 atom stereocenters. The van der Waals surface area contributed by atoms with Gasteiger partial charge in [-0.1, -0.05) is 12.1 Å². The minimum atomic E-state index is -1.04. The van der Waals surface area contributed by atoms with Crippen molar-refractivity contribution in [2.45, 2.75) is 18.9 Å². The predicted octanol–water partition coefficient (Wildman–Crippen LogP) is 0.826. The summed E-state index contributed by atoms with van der Waals surface area (Å²) in [7, 11) is 1.50. The van der Waals surface area contributed by atoms with E-state index in [0.29, 0.717) is 11.4 Å². The highest BCUT2D eigenvalue weighted by Gasteiger charge is 2.19. The van der Waals surface area contributed by atoms with Gasteiger partial charge in [-0.25, -0.2) is 4.79 Å². The van der Waals surface area contributed by atoms with Crippen molar-refractivity contribution in [3.8, 4) is 5.75 Å². The van der Waals surface area contributed by atoms with Crippen LogP contribution in [0.3, 0.4) is 0 Å². The number of hydrogen-bond acceptors (Lipinski definition) is 4. The number of ether oxygens (including phenoxy) is 1. The van der Waals surface area contributed by atoms with Gasteiger partial charge in [0, 0.05) is 6.42 Å². The van der Waals surface area contributed by atoms with Crippen LogP contribution in [0, 0.1) is 0 Å². The number of hydrogen-bond donors (Lipinski definition) is 3. The Labute approximate surface area is 105 Å². The van der Waals surface area contributed by atoms with Gasteiger partial charge in [-0.3, -0.25) is 4.79 Å². The Morgan fingerprint density at radius 2 is 2.11 bits per heavy atom.